The molecular formula is C10H23NO2. The molecular weight excluding hydrogens is 166 g/mol. The van der Waals surface area contributed by atoms with Gasteiger partial charge in [0.1, 0.15) is 0 Å². The van der Waals surface area contributed by atoms with Crippen molar-refractivity contribution in [1.82, 2.24) is 0 Å². The van der Waals surface area contributed by atoms with Crippen molar-refractivity contribution in [3.05, 3.63) is 0 Å². The number of carbonyl (C=O) groups is 1. The summed E-state index contributed by atoms with van der Waals surface area (Å²) >= 11 is 0. The van der Waals surface area contributed by atoms with E-state index in [2.05, 4.69) is 0 Å². The van der Waals surface area contributed by atoms with Gasteiger partial charge in [-0.3, -0.25) is 4.79 Å². The third kappa shape index (κ3) is 18.4. The maximum absolute atomic E-state index is 9.00. The highest BCUT2D eigenvalue weighted by Gasteiger charge is 2.06. The molecule has 0 heterocycles. The fraction of sp³-hybridized carbons (Fsp3) is 0.900. The van der Waals surface area contributed by atoms with Crippen molar-refractivity contribution in [2.75, 3.05) is 0 Å². The monoisotopic (exact) mass is 189 g/mol. The van der Waals surface area contributed by atoms with Gasteiger partial charge in [-0.05, 0) is 12.8 Å². The van der Waals surface area contributed by atoms with E-state index in [0.717, 1.165) is 6.92 Å². The van der Waals surface area contributed by atoms with Crippen molar-refractivity contribution >= 4 is 5.97 Å². The molecule has 0 atom stereocenters. The third-order valence-electron chi connectivity index (χ3n) is 1.65. The van der Waals surface area contributed by atoms with Gasteiger partial charge in [0.25, 0.3) is 5.97 Å². The topological polar surface area (TPSA) is 63.3 Å². The highest BCUT2D eigenvalue weighted by atomic mass is 16.4. The van der Waals surface area contributed by atoms with Crippen LogP contribution in [-0.2, 0) is 4.79 Å². The normalized spacial score (nSPS) is 16.0. The summed E-state index contributed by atoms with van der Waals surface area (Å²) in [6.45, 7) is 5.08. The average Bonchev–Trinajstić information content (AvgIpc) is 2.08. The molecule has 80 valence electrons. The Kier molecular flexibility index (Phi) is 13.1. The van der Waals surface area contributed by atoms with E-state index in [9.17, 15) is 0 Å². The minimum atomic E-state index is -0.833. The number of hydrogen-bond donors (Lipinski definition) is 2. The second-order valence-electron chi connectivity index (χ2n) is 2.92. The Bertz CT molecular complexity index is 105. The van der Waals surface area contributed by atoms with Crippen molar-refractivity contribution in [2.45, 2.75) is 58.9 Å². The van der Waals surface area contributed by atoms with Gasteiger partial charge in [0.15, 0.2) is 0 Å². The number of nitrogens with two attached hydrogens (primary N) is 1. The summed E-state index contributed by atoms with van der Waals surface area (Å²) in [5.74, 6) is -0.833. The molecule has 1 aliphatic carbocycles. The Hall–Kier alpha value is -0.570. The summed E-state index contributed by atoms with van der Waals surface area (Å²) in [5.41, 5.74) is 5.63. The fourth-order valence-electron chi connectivity index (χ4n) is 1.13. The Balaban J connectivity index is 0. The van der Waals surface area contributed by atoms with Crippen LogP contribution in [0.1, 0.15) is 52.9 Å². The van der Waals surface area contributed by atoms with Crippen LogP contribution in [0.15, 0.2) is 0 Å². The maximum atomic E-state index is 9.00. The largest absolute Gasteiger partial charge is 0.481 e. The highest BCUT2D eigenvalue weighted by Crippen LogP contribution is 2.14. The van der Waals surface area contributed by atoms with Crippen LogP contribution in [0.4, 0.5) is 0 Å². The molecule has 1 fully saturated rings. The number of rotatable bonds is 0. The molecule has 0 aromatic rings. The lowest BCUT2D eigenvalue weighted by molar-refractivity contribution is -0.134. The quantitative estimate of drug-likeness (QED) is 0.615. The van der Waals surface area contributed by atoms with Crippen LogP contribution in [0.5, 0.6) is 0 Å². The number of carboxylic acids is 1. The van der Waals surface area contributed by atoms with Crippen molar-refractivity contribution in [3.63, 3.8) is 0 Å². The number of hydrogen-bond acceptors (Lipinski definition) is 2. The molecule has 0 amide bonds. The minimum absolute atomic E-state index is 0.536. The Labute approximate surface area is 81.3 Å². The Morgan fingerprint density at radius 3 is 1.69 bits per heavy atom. The van der Waals surface area contributed by atoms with Gasteiger partial charge < -0.3 is 10.8 Å². The summed E-state index contributed by atoms with van der Waals surface area (Å²) in [5, 5.41) is 7.42. The van der Waals surface area contributed by atoms with E-state index in [1.54, 1.807) is 0 Å². The van der Waals surface area contributed by atoms with Crippen LogP contribution < -0.4 is 5.73 Å². The predicted molar refractivity (Wildman–Crippen MR) is 55.7 cm³/mol. The van der Waals surface area contributed by atoms with Gasteiger partial charge in [-0.2, -0.15) is 0 Å². The van der Waals surface area contributed by atoms with E-state index in [-0.39, 0.29) is 0 Å². The molecule has 1 saturated carbocycles. The maximum Gasteiger partial charge on any atom is 0.300 e. The molecule has 0 saturated heterocycles. The van der Waals surface area contributed by atoms with E-state index >= 15 is 0 Å². The van der Waals surface area contributed by atoms with Gasteiger partial charge in [-0.25, -0.2) is 0 Å². The van der Waals surface area contributed by atoms with Crippen molar-refractivity contribution < 1.29 is 9.90 Å². The summed E-state index contributed by atoms with van der Waals surface area (Å²) in [7, 11) is 0. The first-order valence-electron chi connectivity index (χ1n) is 5.08. The van der Waals surface area contributed by atoms with Gasteiger partial charge in [0.2, 0.25) is 0 Å². The zero-order valence-corrected chi connectivity index (χ0v) is 9.05. The van der Waals surface area contributed by atoms with Gasteiger partial charge in [0, 0.05) is 13.0 Å². The van der Waals surface area contributed by atoms with Crippen LogP contribution in [0.3, 0.4) is 0 Å². The molecule has 3 heteroatoms. The van der Waals surface area contributed by atoms with Crippen molar-refractivity contribution in [3.8, 4) is 0 Å². The second-order valence-corrected chi connectivity index (χ2v) is 2.92. The van der Waals surface area contributed by atoms with Gasteiger partial charge in [-0.15, -0.1) is 0 Å². The molecule has 13 heavy (non-hydrogen) atoms. The van der Waals surface area contributed by atoms with E-state index in [0.29, 0.717) is 6.04 Å². The molecule has 0 aliphatic heterocycles. The molecule has 1 rings (SSSR count). The Morgan fingerprint density at radius 2 is 1.54 bits per heavy atom. The van der Waals surface area contributed by atoms with Crippen LogP contribution in [0.2, 0.25) is 0 Å². The van der Waals surface area contributed by atoms with Crippen LogP contribution in [0, 0.1) is 0 Å². The molecule has 3 nitrogen and oxygen atoms in total. The lowest BCUT2D eigenvalue weighted by atomic mass is 9.97. The van der Waals surface area contributed by atoms with Gasteiger partial charge >= 0.3 is 0 Å². The predicted octanol–water partition coefficient (Wildman–Crippen LogP) is 2.39. The molecule has 0 unspecified atom stereocenters. The van der Waals surface area contributed by atoms with Crippen LogP contribution >= 0.6 is 0 Å². The average molecular weight is 189 g/mol. The second kappa shape index (κ2) is 11.4. The molecule has 1 aliphatic rings. The molecule has 0 aromatic heterocycles. The van der Waals surface area contributed by atoms with E-state index < -0.39 is 5.97 Å². The van der Waals surface area contributed by atoms with Crippen LogP contribution in [-0.4, -0.2) is 17.1 Å². The van der Waals surface area contributed by atoms with Gasteiger partial charge in [0.05, 0.1) is 0 Å². The molecule has 3 N–H and O–H groups in total. The van der Waals surface area contributed by atoms with Crippen molar-refractivity contribution in [1.29, 1.82) is 0 Å². The SMILES string of the molecule is CC.CC(=O)O.NC1CCCCC1. The summed E-state index contributed by atoms with van der Waals surface area (Å²) in [6, 6.07) is 0.536. The third-order valence-corrected chi connectivity index (χ3v) is 1.65. The van der Waals surface area contributed by atoms with Crippen LogP contribution in [0.25, 0.3) is 0 Å². The zero-order chi connectivity index (χ0) is 10.7. The van der Waals surface area contributed by atoms with E-state index in [1.807, 2.05) is 13.8 Å². The summed E-state index contributed by atoms with van der Waals surface area (Å²) in [4.78, 5) is 9.00. The van der Waals surface area contributed by atoms with Crippen molar-refractivity contribution in [2.24, 2.45) is 5.73 Å². The first-order chi connectivity index (χ1) is 6.13. The molecule has 0 radical (unpaired) electrons. The summed E-state index contributed by atoms with van der Waals surface area (Å²) < 4.78 is 0. The lowest BCUT2D eigenvalue weighted by Crippen LogP contribution is -2.22. The van der Waals surface area contributed by atoms with E-state index in [4.69, 9.17) is 15.6 Å². The van der Waals surface area contributed by atoms with Gasteiger partial charge in [-0.1, -0.05) is 33.1 Å². The Morgan fingerprint density at radius 1 is 1.23 bits per heavy atom. The standard InChI is InChI=1S/C6H13N.C2H4O2.C2H6/c7-6-4-2-1-3-5-6;1-2(3)4;1-2/h6H,1-5,7H2;1H3,(H,3,4);1-2H3. The first kappa shape index (κ1) is 14.9. The lowest BCUT2D eigenvalue weighted by Gasteiger charge is -2.15. The number of aliphatic carboxylic acids is 1. The zero-order valence-electron chi connectivity index (χ0n) is 9.05. The molecule has 0 spiro atoms. The van der Waals surface area contributed by atoms with E-state index in [1.165, 1.54) is 32.1 Å². The molecule has 0 aromatic carbocycles. The molecule has 0 bridgehead atoms. The summed E-state index contributed by atoms with van der Waals surface area (Å²) in [6.07, 6.45) is 6.66. The fourth-order valence-corrected chi connectivity index (χ4v) is 1.13. The minimum Gasteiger partial charge on any atom is -0.481 e. The number of carboxylic acid groups (broad SMARTS) is 1. The highest BCUT2D eigenvalue weighted by molar-refractivity contribution is 5.62. The first-order valence-corrected chi connectivity index (χ1v) is 5.08. The smallest absolute Gasteiger partial charge is 0.300 e.